The first-order chi connectivity index (χ1) is 6.50. The molecule has 14 heavy (non-hydrogen) atoms. The Labute approximate surface area is 97.6 Å². The molecule has 1 aromatic rings. The zero-order valence-corrected chi connectivity index (χ0v) is 10.5. The van der Waals surface area contributed by atoms with Crippen LogP contribution in [0, 0.1) is 12.8 Å². The van der Waals surface area contributed by atoms with Gasteiger partial charge < -0.3 is 0 Å². The van der Waals surface area contributed by atoms with Crippen molar-refractivity contribution in [1.82, 2.24) is 0 Å². The van der Waals surface area contributed by atoms with Gasteiger partial charge in [-0.1, -0.05) is 35.0 Å². The first-order valence-electron chi connectivity index (χ1n) is 4.45. The second-order valence-corrected chi connectivity index (χ2v) is 4.73. The highest BCUT2D eigenvalue weighted by molar-refractivity contribution is 9.10. The van der Waals surface area contributed by atoms with Crippen LogP contribution in [-0.4, -0.2) is 5.24 Å². The minimum absolute atomic E-state index is 0.129. The summed E-state index contributed by atoms with van der Waals surface area (Å²) in [4.78, 5) is 10.9. The van der Waals surface area contributed by atoms with Gasteiger partial charge in [0.1, 0.15) is 0 Å². The normalized spacial score (nSPS) is 12.6. The van der Waals surface area contributed by atoms with E-state index in [1.165, 1.54) is 5.56 Å². The van der Waals surface area contributed by atoms with Crippen LogP contribution in [0.15, 0.2) is 22.7 Å². The van der Waals surface area contributed by atoms with Gasteiger partial charge in [0.2, 0.25) is 5.24 Å². The average molecular weight is 276 g/mol. The predicted octanol–water partition coefficient (Wildman–Crippen LogP) is 3.70. The monoisotopic (exact) mass is 274 g/mol. The largest absolute Gasteiger partial charge is 0.281 e. The van der Waals surface area contributed by atoms with Gasteiger partial charge in [-0.15, -0.1) is 0 Å². The van der Waals surface area contributed by atoms with E-state index in [1.807, 2.05) is 32.0 Å². The van der Waals surface area contributed by atoms with E-state index in [0.29, 0.717) is 6.42 Å². The molecule has 0 spiro atoms. The maximum Gasteiger partial charge on any atom is 0.224 e. The Balaban J connectivity index is 2.82. The standard InChI is InChI=1S/C11H12BrClO/c1-7-3-4-9(10(12)5-7)6-8(2)11(13)14/h3-5,8H,6H2,1-2H3. The molecule has 0 radical (unpaired) electrons. The number of aryl methyl sites for hydroxylation is 1. The summed E-state index contributed by atoms with van der Waals surface area (Å²) in [6, 6.07) is 6.10. The van der Waals surface area contributed by atoms with Gasteiger partial charge in [0.15, 0.2) is 0 Å². The van der Waals surface area contributed by atoms with Crippen LogP contribution in [-0.2, 0) is 11.2 Å². The zero-order chi connectivity index (χ0) is 10.7. The van der Waals surface area contributed by atoms with Gasteiger partial charge in [-0.2, -0.15) is 0 Å². The van der Waals surface area contributed by atoms with E-state index < -0.39 is 0 Å². The van der Waals surface area contributed by atoms with Crippen molar-refractivity contribution >= 4 is 32.8 Å². The third-order valence-electron chi connectivity index (χ3n) is 2.12. The molecule has 0 saturated carbocycles. The number of hydrogen-bond donors (Lipinski definition) is 0. The quantitative estimate of drug-likeness (QED) is 0.769. The molecule has 0 N–H and O–H groups in total. The fraction of sp³-hybridized carbons (Fsp3) is 0.364. The van der Waals surface area contributed by atoms with Crippen molar-refractivity contribution in [3.05, 3.63) is 33.8 Å². The van der Waals surface area contributed by atoms with Crippen LogP contribution in [0.1, 0.15) is 18.1 Å². The van der Waals surface area contributed by atoms with E-state index in [-0.39, 0.29) is 11.2 Å². The maximum atomic E-state index is 10.9. The van der Waals surface area contributed by atoms with Crippen LogP contribution in [0.25, 0.3) is 0 Å². The summed E-state index contributed by atoms with van der Waals surface area (Å²) in [6.07, 6.45) is 0.684. The van der Waals surface area contributed by atoms with Crippen molar-refractivity contribution in [3.63, 3.8) is 0 Å². The molecule has 0 amide bonds. The van der Waals surface area contributed by atoms with E-state index in [2.05, 4.69) is 15.9 Å². The van der Waals surface area contributed by atoms with Crippen LogP contribution in [0.5, 0.6) is 0 Å². The molecule has 0 aromatic heterocycles. The fourth-order valence-corrected chi connectivity index (χ4v) is 1.96. The molecular formula is C11H12BrClO. The SMILES string of the molecule is Cc1ccc(CC(C)C(=O)Cl)c(Br)c1. The molecule has 1 atom stereocenters. The lowest BCUT2D eigenvalue weighted by molar-refractivity contribution is -0.114. The summed E-state index contributed by atoms with van der Waals surface area (Å²) in [7, 11) is 0. The van der Waals surface area contributed by atoms with Crippen molar-refractivity contribution < 1.29 is 4.79 Å². The van der Waals surface area contributed by atoms with Crippen LogP contribution >= 0.6 is 27.5 Å². The second-order valence-electron chi connectivity index (χ2n) is 3.50. The number of rotatable bonds is 3. The van der Waals surface area contributed by atoms with Crippen LogP contribution < -0.4 is 0 Å². The molecule has 0 aliphatic heterocycles. The molecule has 76 valence electrons. The van der Waals surface area contributed by atoms with Gasteiger partial charge >= 0.3 is 0 Å². The summed E-state index contributed by atoms with van der Waals surface area (Å²) in [6.45, 7) is 3.87. The molecule has 3 heteroatoms. The Hall–Kier alpha value is -0.340. The minimum atomic E-state index is -0.280. The maximum absolute atomic E-state index is 10.9. The van der Waals surface area contributed by atoms with Crippen molar-refractivity contribution in [3.8, 4) is 0 Å². The van der Waals surface area contributed by atoms with E-state index >= 15 is 0 Å². The van der Waals surface area contributed by atoms with Gasteiger partial charge in [-0.05, 0) is 42.1 Å². The molecule has 1 aromatic carbocycles. The first kappa shape index (κ1) is 11.7. The van der Waals surface area contributed by atoms with E-state index in [4.69, 9.17) is 11.6 Å². The Kier molecular flexibility index (Phi) is 4.14. The molecule has 0 heterocycles. The van der Waals surface area contributed by atoms with Crippen molar-refractivity contribution in [1.29, 1.82) is 0 Å². The van der Waals surface area contributed by atoms with Gasteiger partial charge in [0.25, 0.3) is 0 Å². The molecule has 0 aliphatic rings. The highest BCUT2D eigenvalue weighted by atomic mass is 79.9. The predicted molar refractivity (Wildman–Crippen MR) is 62.6 cm³/mol. The Morgan fingerprint density at radius 1 is 1.57 bits per heavy atom. The third-order valence-corrected chi connectivity index (χ3v) is 3.23. The highest BCUT2D eigenvalue weighted by Gasteiger charge is 2.12. The lowest BCUT2D eigenvalue weighted by atomic mass is 10.0. The van der Waals surface area contributed by atoms with Crippen LogP contribution in [0.2, 0.25) is 0 Å². The number of benzene rings is 1. The Bertz CT molecular complexity index is 349. The lowest BCUT2D eigenvalue weighted by Crippen LogP contribution is -2.07. The van der Waals surface area contributed by atoms with Crippen molar-refractivity contribution in [2.45, 2.75) is 20.3 Å². The van der Waals surface area contributed by atoms with Gasteiger partial charge in [0, 0.05) is 10.4 Å². The topological polar surface area (TPSA) is 17.1 Å². The van der Waals surface area contributed by atoms with Crippen LogP contribution in [0.3, 0.4) is 0 Å². The molecule has 1 unspecified atom stereocenters. The van der Waals surface area contributed by atoms with Gasteiger partial charge in [-0.25, -0.2) is 0 Å². The second kappa shape index (κ2) is 4.94. The van der Waals surface area contributed by atoms with Crippen LogP contribution in [0.4, 0.5) is 0 Å². The summed E-state index contributed by atoms with van der Waals surface area (Å²) in [5.41, 5.74) is 2.32. The number of carbonyl (C=O) groups excluding carboxylic acids is 1. The Morgan fingerprint density at radius 2 is 2.21 bits per heavy atom. The summed E-state index contributed by atoms with van der Waals surface area (Å²) < 4.78 is 1.04. The van der Waals surface area contributed by atoms with Gasteiger partial charge in [-0.3, -0.25) is 4.79 Å². The first-order valence-corrected chi connectivity index (χ1v) is 5.62. The summed E-state index contributed by atoms with van der Waals surface area (Å²) >= 11 is 8.88. The molecular weight excluding hydrogens is 263 g/mol. The number of hydrogen-bond acceptors (Lipinski definition) is 1. The molecule has 0 bridgehead atoms. The Morgan fingerprint density at radius 3 is 2.71 bits per heavy atom. The average Bonchev–Trinajstić information content (AvgIpc) is 2.09. The molecule has 1 nitrogen and oxygen atoms in total. The molecule has 0 saturated heterocycles. The van der Waals surface area contributed by atoms with E-state index in [1.54, 1.807) is 0 Å². The van der Waals surface area contributed by atoms with E-state index in [9.17, 15) is 4.79 Å². The molecule has 0 aliphatic carbocycles. The van der Waals surface area contributed by atoms with Crippen molar-refractivity contribution in [2.24, 2.45) is 5.92 Å². The third kappa shape index (κ3) is 3.10. The zero-order valence-electron chi connectivity index (χ0n) is 8.18. The smallest absolute Gasteiger partial charge is 0.224 e. The highest BCUT2D eigenvalue weighted by Crippen LogP contribution is 2.22. The fourth-order valence-electron chi connectivity index (χ4n) is 1.23. The summed E-state index contributed by atoms with van der Waals surface area (Å²) in [5.74, 6) is -0.129. The van der Waals surface area contributed by atoms with E-state index in [0.717, 1.165) is 10.0 Å². The van der Waals surface area contributed by atoms with Crippen molar-refractivity contribution in [2.75, 3.05) is 0 Å². The summed E-state index contributed by atoms with van der Waals surface area (Å²) in [5, 5.41) is -0.280. The van der Waals surface area contributed by atoms with Gasteiger partial charge in [0.05, 0.1) is 0 Å². The number of carbonyl (C=O) groups is 1. The number of halogens is 2. The molecule has 1 rings (SSSR count). The minimum Gasteiger partial charge on any atom is -0.281 e. The molecule has 0 fully saturated rings. The lowest BCUT2D eigenvalue weighted by Gasteiger charge is -2.08.